The fraction of sp³-hybridized carbons (Fsp3) is 0.357. The van der Waals surface area contributed by atoms with Gasteiger partial charge in [-0.25, -0.2) is 0 Å². The van der Waals surface area contributed by atoms with Gasteiger partial charge in [0.25, 0.3) is 5.69 Å². The van der Waals surface area contributed by atoms with Crippen LogP contribution in [0.5, 0.6) is 0 Å². The molecule has 1 heterocycles. The van der Waals surface area contributed by atoms with Crippen LogP contribution >= 0.6 is 0 Å². The summed E-state index contributed by atoms with van der Waals surface area (Å²) in [6.45, 7) is 1.25. The van der Waals surface area contributed by atoms with Gasteiger partial charge >= 0.3 is 0 Å². The number of hydrogen-bond acceptors (Lipinski definition) is 4. The molecule has 1 aromatic carbocycles. The second kappa shape index (κ2) is 6.81. The van der Waals surface area contributed by atoms with Gasteiger partial charge in [0.15, 0.2) is 0 Å². The van der Waals surface area contributed by atoms with E-state index < -0.39 is 4.92 Å². The lowest BCUT2D eigenvalue weighted by Crippen LogP contribution is -2.30. The van der Waals surface area contributed by atoms with Crippen LogP contribution in [0.2, 0.25) is 0 Å². The molecule has 2 rings (SSSR count). The van der Waals surface area contributed by atoms with Crippen LogP contribution in [0.1, 0.15) is 18.4 Å². The molecule has 0 aromatic heterocycles. The topological polar surface area (TPSA) is 81.5 Å². The van der Waals surface area contributed by atoms with Crippen LogP contribution < -0.4 is 5.32 Å². The van der Waals surface area contributed by atoms with Crippen molar-refractivity contribution in [2.75, 3.05) is 13.2 Å². The second-order valence-corrected chi connectivity index (χ2v) is 4.57. The number of non-ortho nitro benzene ring substituents is 1. The first-order valence-corrected chi connectivity index (χ1v) is 6.47. The molecular formula is C14H16N2O4. The number of amides is 1. The van der Waals surface area contributed by atoms with E-state index in [2.05, 4.69) is 5.32 Å². The van der Waals surface area contributed by atoms with E-state index in [1.165, 1.54) is 18.2 Å². The van der Waals surface area contributed by atoms with Crippen molar-refractivity contribution in [3.8, 4) is 0 Å². The van der Waals surface area contributed by atoms with Crippen molar-refractivity contribution in [1.29, 1.82) is 0 Å². The number of carbonyl (C=O) groups excluding carboxylic acids is 1. The summed E-state index contributed by atoms with van der Waals surface area (Å²) >= 11 is 0. The highest BCUT2D eigenvalue weighted by atomic mass is 16.6. The SMILES string of the molecule is O=C(/C=C/c1cccc([N+](=O)[O-])c1)NC[C@H]1CCCO1. The highest BCUT2D eigenvalue weighted by molar-refractivity contribution is 5.91. The van der Waals surface area contributed by atoms with Crippen molar-refractivity contribution in [2.45, 2.75) is 18.9 Å². The summed E-state index contributed by atoms with van der Waals surface area (Å²) in [5.41, 5.74) is 0.624. The van der Waals surface area contributed by atoms with Crippen LogP contribution in [-0.4, -0.2) is 30.1 Å². The molecule has 6 heteroatoms. The summed E-state index contributed by atoms with van der Waals surface area (Å²) in [5.74, 6) is -0.230. The lowest BCUT2D eigenvalue weighted by atomic mass is 10.2. The van der Waals surface area contributed by atoms with E-state index in [1.54, 1.807) is 18.2 Å². The molecule has 1 fully saturated rings. The smallest absolute Gasteiger partial charge is 0.270 e. The molecule has 0 saturated carbocycles. The van der Waals surface area contributed by atoms with Gasteiger partial charge in [-0.3, -0.25) is 14.9 Å². The normalized spacial score (nSPS) is 18.3. The fourth-order valence-electron chi connectivity index (χ4n) is 1.99. The van der Waals surface area contributed by atoms with Crippen LogP contribution in [0.25, 0.3) is 6.08 Å². The summed E-state index contributed by atoms with van der Waals surface area (Å²) < 4.78 is 5.39. The molecule has 1 N–H and O–H groups in total. The first-order chi connectivity index (χ1) is 9.65. The lowest BCUT2D eigenvalue weighted by molar-refractivity contribution is -0.384. The first kappa shape index (κ1) is 14.2. The van der Waals surface area contributed by atoms with Crippen LogP contribution in [0.3, 0.4) is 0 Å². The Balaban J connectivity index is 1.86. The molecule has 0 bridgehead atoms. The Labute approximate surface area is 116 Å². The van der Waals surface area contributed by atoms with Crippen molar-refractivity contribution in [3.05, 3.63) is 46.0 Å². The maximum Gasteiger partial charge on any atom is 0.270 e. The summed E-state index contributed by atoms with van der Waals surface area (Å²) in [6.07, 6.45) is 5.02. The van der Waals surface area contributed by atoms with E-state index >= 15 is 0 Å². The van der Waals surface area contributed by atoms with Crippen molar-refractivity contribution in [1.82, 2.24) is 5.32 Å². The minimum atomic E-state index is -0.463. The molecule has 0 unspecified atom stereocenters. The molecule has 0 aliphatic carbocycles. The monoisotopic (exact) mass is 276 g/mol. The van der Waals surface area contributed by atoms with Crippen molar-refractivity contribution in [2.24, 2.45) is 0 Å². The van der Waals surface area contributed by atoms with Gasteiger partial charge in [-0.15, -0.1) is 0 Å². The van der Waals surface area contributed by atoms with Crippen LogP contribution in [0.15, 0.2) is 30.3 Å². The molecule has 0 radical (unpaired) electrons. The summed E-state index contributed by atoms with van der Waals surface area (Å²) in [5, 5.41) is 13.4. The van der Waals surface area contributed by atoms with Crippen LogP contribution in [-0.2, 0) is 9.53 Å². The number of rotatable bonds is 5. The quantitative estimate of drug-likeness (QED) is 0.506. The molecule has 20 heavy (non-hydrogen) atoms. The molecule has 0 spiro atoms. The van der Waals surface area contributed by atoms with Gasteiger partial charge in [-0.1, -0.05) is 12.1 Å². The molecule has 106 valence electrons. The summed E-state index contributed by atoms with van der Waals surface area (Å²) in [4.78, 5) is 21.8. The van der Waals surface area contributed by atoms with Gasteiger partial charge in [0.1, 0.15) is 0 Å². The van der Waals surface area contributed by atoms with Gasteiger partial charge in [0.2, 0.25) is 5.91 Å². The Morgan fingerprint density at radius 1 is 1.55 bits per heavy atom. The van der Waals surface area contributed by atoms with E-state index in [4.69, 9.17) is 4.74 Å². The van der Waals surface area contributed by atoms with E-state index in [-0.39, 0.29) is 17.7 Å². The molecule has 1 saturated heterocycles. The highest BCUT2D eigenvalue weighted by Gasteiger charge is 2.15. The Kier molecular flexibility index (Phi) is 4.84. The standard InChI is InChI=1S/C14H16N2O4/c17-14(15-10-13-5-2-8-20-13)7-6-11-3-1-4-12(9-11)16(18)19/h1,3-4,6-7,9,13H,2,5,8,10H2,(H,15,17)/b7-6+/t13-/m1/s1. The number of ether oxygens (including phenoxy) is 1. The van der Waals surface area contributed by atoms with Crippen molar-refractivity contribution in [3.63, 3.8) is 0 Å². The Morgan fingerprint density at radius 3 is 3.10 bits per heavy atom. The number of nitro groups is 1. The fourth-order valence-corrected chi connectivity index (χ4v) is 1.99. The van der Waals surface area contributed by atoms with Gasteiger partial charge in [-0.2, -0.15) is 0 Å². The largest absolute Gasteiger partial charge is 0.376 e. The number of nitrogens with one attached hydrogen (secondary N) is 1. The average molecular weight is 276 g/mol. The maximum absolute atomic E-state index is 11.6. The lowest BCUT2D eigenvalue weighted by Gasteiger charge is -2.08. The number of carbonyl (C=O) groups is 1. The zero-order valence-electron chi connectivity index (χ0n) is 11.0. The van der Waals surface area contributed by atoms with Gasteiger partial charge < -0.3 is 10.1 Å². The Morgan fingerprint density at radius 2 is 2.40 bits per heavy atom. The van der Waals surface area contributed by atoms with E-state index in [1.807, 2.05) is 0 Å². The van der Waals surface area contributed by atoms with Gasteiger partial charge in [0.05, 0.1) is 11.0 Å². The Bertz CT molecular complexity index is 522. The van der Waals surface area contributed by atoms with E-state index in [9.17, 15) is 14.9 Å². The zero-order chi connectivity index (χ0) is 14.4. The van der Waals surface area contributed by atoms with Crippen LogP contribution in [0, 0.1) is 10.1 Å². The first-order valence-electron chi connectivity index (χ1n) is 6.47. The molecule has 6 nitrogen and oxygen atoms in total. The second-order valence-electron chi connectivity index (χ2n) is 4.57. The molecule has 1 amide bonds. The zero-order valence-corrected chi connectivity index (χ0v) is 11.0. The molecule has 1 atom stereocenters. The van der Waals surface area contributed by atoms with Crippen molar-refractivity contribution >= 4 is 17.7 Å². The number of benzene rings is 1. The van der Waals surface area contributed by atoms with Gasteiger partial charge in [0, 0.05) is 31.4 Å². The summed E-state index contributed by atoms with van der Waals surface area (Å²) in [6, 6.07) is 6.12. The number of nitrogens with zero attached hydrogens (tertiary/aromatic N) is 1. The van der Waals surface area contributed by atoms with Gasteiger partial charge in [-0.05, 0) is 24.5 Å². The highest BCUT2D eigenvalue weighted by Crippen LogP contribution is 2.14. The average Bonchev–Trinajstić information content (AvgIpc) is 2.96. The third-order valence-electron chi connectivity index (χ3n) is 3.04. The predicted molar refractivity (Wildman–Crippen MR) is 74.1 cm³/mol. The Hall–Kier alpha value is -2.21. The predicted octanol–water partition coefficient (Wildman–Crippen LogP) is 1.90. The number of hydrogen-bond donors (Lipinski definition) is 1. The molecule has 1 aliphatic heterocycles. The van der Waals surface area contributed by atoms with Crippen LogP contribution in [0.4, 0.5) is 5.69 Å². The molecule has 1 aliphatic rings. The molecular weight excluding hydrogens is 260 g/mol. The minimum Gasteiger partial charge on any atom is -0.376 e. The van der Waals surface area contributed by atoms with Crippen molar-refractivity contribution < 1.29 is 14.5 Å². The maximum atomic E-state index is 11.6. The minimum absolute atomic E-state index is 0.00640. The van der Waals surface area contributed by atoms with E-state index in [0.29, 0.717) is 12.1 Å². The van der Waals surface area contributed by atoms with E-state index in [0.717, 1.165) is 19.4 Å². The third-order valence-corrected chi connectivity index (χ3v) is 3.04. The molecule has 1 aromatic rings. The summed E-state index contributed by atoms with van der Waals surface area (Å²) in [7, 11) is 0. The third kappa shape index (κ3) is 4.17. The number of nitro benzene ring substituents is 1.